The van der Waals surface area contributed by atoms with Crippen molar-refractivity contribution in [3.05, 3.63) is 36.0 Å². The fourth-order valence-electron chi connectivity index (χ4n) is 7.58. The van der Waals surface area contributed by atoms with Crippen LogP contribution < -0.4 is 14.5 Å². The molecule has 0 unspecified atom stereocenters. The summed E-state index contributed by atoms with van der Waals surface area (Å²) in [6.45, 7) is 12.8. The second-order valence-corrected chi connectivity index (χ2v) is 15.1. The number of ether oxygens (including phenoxy) is 2. The summed E-state index contributed by atoms with van der Waals surface area (Å²) >= 11 is 0. The molecular weight excluding hydrogens is 592 g/mol. The number of benzene rings is 2. The molecule has 0 radical (unpaired) electrons. The Labute approximate surface area is 277 Å². The maximum atomic E-state index is 12.7. The van der Waals surface area contributed by atoms with Crippen LogP contribution >= 0.6 is 0 Å². The molecule has 47 heavy (non-hydrogen) atoms. The van der Waals surface area contributed by atoms with E-state index in [0.717, 1.165) is 96.4 Å². The lowest BCUT2D eigenvalue weighted by atomic mass is 9.72. The number of fused-ring (bicyclic) bond motifs is 2. The highest BCUT2D eigenvalue weighted by molar-refractivity contribution is 6.04. The first-order valence-corrected chi connectivity index (χ1v) is 16.9. The minimum Gasteiger partial charge on any atom is -0.462 e. The monoisotopic (exact) mass is 640 g/mol. The molecule has 0 bridgehead atoms. The van der Waals surface area contributed by atoms with E-state index < -0.39 is 5.60 Å². The third-order valence-electron chi connectivity index (χ3n) is 10.3. The number of amides is 1. The zero-order valence-corrected chi connectivity index (χ0v) is 28.9. The van der Waals surface area contributed by atoms with Gasteiger partial charge in [-0.3, -0.25) is 5.10 Å². The topological polar surface area (TPSA) is 103 Å². The maximum Gasteiger partial charge on any atom is 0.410 e. The van der Waals surface area contributed by atoms with E-state index >= 15 is 0 Å². The summed E-state index contributed by atoms with van der Waals surface area (Å²) in [5.74, 6) is 0.913. The van der Waals surface area contributed by atoms with Crippen LogP contribution in [0.5, 0.6) is 6.01 Å². The Morgan fingerprint density at radius 1 is 1.09 bits per heavy atom. The number of H-pyrrole nitrogens is 1. The fourth-order valence-corrected chi connectivity index (χ4v) is 7.58. The number of aromatic nitrogens is 4. The van der Waals surface area contributed by atoms with Gasteiger partial charge in [0, 0.05) is 73.8 Å². The highest BCUT2D eigenvalue weighted by Crippen LogP contribution is 2.45. The minimum absolute atomic E-state index is 0.130. The number of carbonyl (C=O) groups excluding carboxylic acids is 1. The molecule has 3 aliphatic heterocycles. The average Bonchev–Trinajstić information content (AvgIpc) is 3.65. The van der Waals surface area contributed by atoms with Gasteiger partial charge in [-0.1, -0.05) is 6.07 Å². The molecule has 1 atom stereocenters. The van der Waals surface area contributed by atoms with Gasteiger partial charge in [-0.2, -0.15) is 15.1 Å². The summed E-state index contributed by atoms with van der Waals surface area (Å²) in [5.41, 5.74) is 6.05. The molecule has 2 aromatic carbocycles. The summed E-state index contributed by atoms with van der Waals surface area (Å²) in [6.07, 6.45) is 5.98. The standard InChI is InChI=1S/C36H48N8O3/c1-23-10-11-28-27(19-37-40-28)31(23)26-17-29-25(18-30(26)41(5)6)32(39-33(38-29)46-20-24-9-8-14-42(24)7)43-15-12-36(13-16-43)21-44(22-36)34(45)47-35(2,3)4/h10-11,17-19,24H,8-9,12-16,20-22H2,1-7H3,(H,37,40)/t24-/m0/s1. The molecular formula is C36H48N8O3. The van der Waals surface area contributed by atoms with Gasteiger partial charge in [-0.25, -0.2) is 4.79 Å². The molecule has 2 aromatic heterocycles. The van der Waals surface area contributed by atoms with Gasteiger partial charge in [0.15, 0.2) is 0 Å². The average molecular weight is 641 g/mol. The molecule has 7 rings (SSSR count). The van der Waals surface area contributed by atoms with Crippen molar-refractivity contribution in [1.29, 1.82) is 0 Å². The number of likely N-dealkylation sites (tertiary alicyclic amines) is 2. The summed E-state index contributed by atoms with van der Waals surface area (Å²) in [7, 11) is 6.34. The fraction of sp³-hybridized carbons (Fsp3) is 0.556. The van der Waals surface area contributed by atoms with Gasteiger partial charge >= 0.3 is 12.1 Å². The van der Waals surface area contributed by atoms with E-state index in [1.165, 1.54) is 12.0 Å². The number of aryl methyl sites for hydroxylation is 1. The Morgan fingerprint density at radius 2 is 1.85 bits per heavy atom. The third kappa shape index (κ3) is 6.06. The van der Waals surface area contributed by atoms with Crippen molar-refractivity contribution < 1.29 is 14.3 Å². The van der Waals surface area contributed by atoms with E-state index in [-0.39, 0.29) is 11.5 Å². The highest BCUT2D eigenvalue weighted by Gasteiger charge is 2.48. The van der Waals surface area contributed by atoms with Gasteiger partial charge in [-0.15, -0.1) is 0 Å². The molecule has 0 aliphatic carbocycles. The van der Waals surface area contributed by atoms with Gasteiger partial charge in [0.05, 0.1) is 17.2 Å². The predicted molar refractivity (Wildman–Crippen MR) is 187 cm³/mol. The molecule has 1 N–H and O–H groups in total. The summed E-state index contributed by atoms with van der Waals surface area (Å²) in [5, 5.41) is 9.59. The Morgan fingerprint density at radius 3 is 2.53 bits per heavy atom. The first-order valence-electron chi connectivity index (χ1n) is 16.9. The Kier molecular flexibility index (Phi) is 7.93. The Hall–Kier alpha value is -4.12. The van der Waals surface area contributed by atoms with Crippen molar-refractivity contribution in [3.63, 3.8) is 0 Å². The van der Waals surface area contributed by atoms with Crippen LogP contribution in [0.2, 0.25) is 0 Å². The van der Waals surface area contributed by atoms with Crippen molar-refractivity contribution in [2.24, 2.45) is 5.41 Å². The van der Waals surface area contributed by atoms with Crippen LogP contribution in [0.15, 0.2) is 30.5 Å². The SMILES string of the molecule is Cc1ccc2[nH]ncc2c1-c1cc2nc(OC[C@@H]3CCCN3C)nc(N3CCC4(CC3)CN(C(=O)OC(C)(C)C)C4)c2cc1N(C)C. The molecule has 3 aliphatic rings. The van der Waals surface area contributed by atoms with E-state index in [4.69, 9.17) is 19.4 Å². The first-order chi connectivity index (χ1) is 22.4. The molecule has 4 aromatic rings. The molecule has 11 heteroatoms. The number of nitrogens with zero attached hydrogens (tertiary/aromatic N) is 7. The minimum atomic E-state index is -0.487. The number of likely N-dealkylation sites (N-methyl/N-ethyl adjacent to an activating group) is 1. The number of carbonyl (C=O) groups is 1. The van der Waals surface area contributed by atoms with Gasteiger partial charge in [0.25, 0.3) is 0 Å². The van der Waals surface area contributed by atoms with E-state index in [0.29, 0.717) is 18.7 Å². The van der Waals surface area contributed by atoms with Crippen molar-refractivity contribution in [2.45, 2.75) is 65.0 Å². The number of anilines is 2. The quantitative estimate of drug-likeness (QED) is 0.278. The molecule has 11 nitrogen and oxygen atoms in total. The second kappa shape index (κ2) is 11.8. The molecule has 3 saturated heterocycles. The Balaban J connectivity index is 1.23. The van der Waals surface area contributed by atoms with Gasteiger partial charge < -0.3 is 29.1 Å². The van der Waals surface area contributed by atoms with Crippen LogP contribution in [-0.4, -0.2) is 108 Å². The lowest BCUT2D eigenvalue weighted by Gasteiger charge is -2.53. The smallest absolute Gasteiger partial charge is 0.410 e. The van der Waals surface area contributed by atoms with E-state index in [2.05, 4.69) is 77.2 Å². The van der Waals surface area contributed by atoms with Gasteiger partial charge in [-0.05, 0) is 96.3 Å². The van der Waals surface area contributed by atoms with Crippen LogP contribution in [0.1, 0.15) is 52.0 Å². The number of aromatic amines is 1. The second-order valence-electron chi connectivity index (χ2n) is 15.1. The molecule has 5 heterocycles. The van der Waals surface area contributed by atoms with Crippen LogP contribution in [-0.2, 0) is 4.74 Å². The van der Waals surface area contributed by atoms with Gasteiger partial charge in [0.1, 0.15) is 18.0 Å². The number of nitrogens with one attached hydrogen (secondary N) is 1. The highest BCUT2D eigenvalue weighted by atomic mass is 16.6. The molecule has 250 valence electrons. The third-order valence-corrected chi connectivity index (χ3v) is 10.3. The zero-order chi connectivity index (χ0) is 33.1. The number of hydrogen-bond acceptors (Lipinski definition) is 9. The van der Waals surface area contributed by atoms with Crippen molar-refractivity contribution in [1.82, 2.24) is 30.0 Å². The lowest BCUT2D eigenvalue weighted by Crippen LogP contribution is -2.62. The van der Waals surface area contributed by atoms with E-state index in [1.54, 1.807) is 0 Å². The predicted octanol–water partition coefficient (Wildman–Crippen LogP) is 5.86. The van der Waals surface area contributed by atoms with E-state index in [9.17, 15) is 4.79 Å². The summed E-state index contributed by atoms with van der Waals surface area (Å²) in [6, 6.07) is 9.47. The molecule has 1 amide bonds. The summed E-state index contributed by atoms with van der Waals surface area (Å²) in [4.78, 5) is 31.6. The molecule has 0 saturated carbocycles. The largest absolute Gasteiger partial charge is 0.462 e. The normalized spacial score (nSPS) is 19.9. The van der Waals surface area contributed by atoms with Crippen LogP contribution in [0.3, 0.4) is 0 Å². The first kappa shape index (κ1) is 31.5. The molecule has 1 spiro atoms. The lowest BCUT2D eigenvalue weighted by molar-refractivity contribution is -0.0434. The maximum absolute atomic E-state index is 12.7. The van der Waals surface area contributed by atoms with Crippen molar-refractivity contribution in [2.75, 3.05) is 70.3 Å². The van der Waals surface area contributed by atoms with Crippen LogP contribution in [0.4, 0.5) is 16.3 Å². The van der Waals surface area contributed by atoms with Crippen LogP contribution in [0, 0.1) is 12.3 Å². The molecule has 3 fully saturated rings. The zero-order valence-electron chi connectivity index (χ0n) is 28.9. The van der Waals surface area contributed by atoms with Crippen molar-refractivity contribution >= 4 is 39.4 Å². The van der Waals surface area contributed by atoms with Crippen LogP contribution in [0.25, 0.3) is 32.9 Å². The number of piperidine rings is 1. The Bertz CT molecular complexity index is 1800. The van der Waals surface area contributed by atoms with E-state index in [1.807, 2.05) is 31.9 Å². The van der Waals surface area contributed by atoms with Gasteiger partial charge in [0.2, 0.25) is 0 Å². The summed E-state index contributed by atoms with van der Waals surface area (Å²) < 4.78 is 12.0. The van der Waals surface area contributed by atoms with Crippen molar-refractivity contribution in [3.8, 4) is 17.1 Å². The number of rotatable bonds is 6. The number of hydrogen-bond donors (Lipinski definition) is 1.